The van der Waals surface area contributed by atoms with Crippen LogP contribution in [0, 0.1) is 6.92 Å². The number of rotatable bonds is 2. The second-order valence-electron chi connectivity index (χ2n) is 7.79. The zero-order valence-corrected chi connectivity index (χ0v) is 16.8. The van der Waals surface area contributed by atoms with Gasteiger partial charge in [-0.05, 0) is 55.0 Å². The van der Waals surface area contributed by atoms with Gasteiger partial charge in [0.2, 0.25) is 0 Å². The van der Waals surface area contributed by atoms with E-state index in [9.17, 15) is 4.79 Å². The summed E-state index contributed by atoms with van der Waals surface area (Å²) in [6.07, 6.45) is 0. The molecular weight excluding hydrogens is 388 g/mol. The van der Waals surface area contributed by atoms with Crippen molar-refractivity contribution in [2.24, 2.45) is 0 Å². The van der Waals surface area contributed by atoms with Crippen molar-refractivity contribution in [3.63, 3.8) is 0 Å². The average Bonchev–Trinajstić information content (AvgIpc) is 3.08. The van der Waals surface area contributed by atoms with E-state index in [1.165, 1.54) is 0 Å². The second-order valence-corrected chi connectivity index (χ2v) is 7.79. The molecule has 0 saturated heterocycles. The van der Waals surface area contributed by atoms with E-state index >= 15 is 0 Å². The summed E-state index contributed by atoms with van der Waals surface area (Å²) in [4.78, 5) is 12.9. The lowest BCUT2D eigenvalue weighted by Crippen LogP contribution is -2.33. The SMILES string of the molecule is Cc1ccc2c(c1)Oc1ccc(Oc3ccccc3)cc1C21OC(=O)c2ccccc21. The van der Waals surface area contributed by atoms with Gasteiger partial charge in [-0.2, -0.15) is 0 Å². The highest BCUT2D eigenvalue weighted by Crippen LogP contribution is 2.56. The lowest BCUT2D eigenvalue weighted by molar-refractivity contribution is 0.0223. The largest absolute Gasteiger partial charge is 0.457 e. The number of carbonyl (C=O) groups excluding carboxylic acids is 1. The molecule has 4 nitrogen and oxygen atoms in total. The van der Waals surface area contributed by atoms with Crippen molar-refractivity contribution in [3.05, 3.63) is 119 Å². The quantitative estimate of drug-likeness (QED) is 0.364. The van der Waals surface area contributed by atoms with Crippen molar-refractivity contribution in [1.82, 2.24) is 0 Å². The minimum atomic E-state index is -1.08. The van der Waals surface area contributed by atoms with E-state index in [0.717, 1.165) is 28.0 Å². The number of fused-ring (bicyclic) bond motifs is 6. The van der Waals surface area contributed by atoms with Crippen molar-refractivity contribution >= 4 is 5.97 Å². The van der Waals surface area contributed by atoms with Crippen molar-refractivity contribution in [2.75, 3.05) is 0 Å². The Bertz CT molecular complexity index is 1340. The topological polar surface area (TPSA) is 44.8 Å². The average molecular weight is 406 g/mol. The van der Waals surface area contributed by atoms with E-state index in [1.54, 1.807) is 6.07 Å². The number of benzene rings is 4. The number of para-hydroxylation sites is 1. The summed E-state index contributed by atoms with van der Waals surface area (Å²) in [5, 5.41) is 0. The Kier molecular flexibility index (Phi) is 3.71. The van der Waals surface area contributed by atoms with Gasteiger partial charge in [-0.1, -0.05) is 48.5 Å². The predicted molar refractivity (Wildman–Crippen MR) is 116 cm³/mol. The van der Waals surface area contributed by atoms with E-state index in [4.69, 9.17) is 14.2 Å². The summed E-state index contributed by atoms with van der Waals surface area (Å²) >= 11 is 0. The molecule has 2 heterocycles. The van der Waals surface area contributed by atoms with Crippen molar-refractivity contribution < 1.29 is 19.0 Å². The molecule has 2 aliphatic rings. The monoisotopic (exact) mass is 406 g/mol. The minimum absolute atomic E-state index is 0.343. The Hall–Kier alpha value is -4.05. The highest BCUT2D eigenvalue weighted by atomic mass is 16.6. The maximum absolute atomic E-state index is 12.9. The fourth-order valence-corrected chi connectivity index (χ4v) is 4.45. The lowest BCUT2D eigenvalue weighted by Gasteiger charge is -2.36. The summed E-state index contributed by atoms with van der Waals surface area (Å²) < 4.78 is 18.5. The van der Waals surface area contributed by atoms with Gasteiger partial charge in [0.1, 0.15) is 23.0 Å². The molecule has 1 unspecified atom stereocenters. The number of hydrogen-bond acceptors (Lipinski definition) is 4. The lowest BCUT2D eigenvalue weighted by atomic mass is 9.77. The van der Waals surface area contributed by atoms with Crippen LogP contribution in [0.5, 0.6) is 23.0 Å². The molecule has 0 amide bonds. The Labute approximate surface area is 179 Å². The van der Waals surface area contributed by atoms with Crippen LogP contribution in [0.4, 0.5) is 0 Å². The van der Waals surface area contributed by atoms with Gasteiger partial charge in [0.25, 0.3) is 0 Å². The zero-order valence-electron chi connectivity index (χ0n) is 16.8. The highest BCUT2D eigenvalue weighted by molar-refractivity contribution is 5.97. The van der Waals surface area contributed by atoms with Crippen molar-refractivity contribution in [1.29, 1.82) is 0 Å². The van der Waals surface area contributed by atoms with Crippen LogP contribution in [-0.2, 0) is 10.3 Å². The Morgan fingerprint density at radius 3 is 2.39 bits per heavy atom. The number of hydrogen-bond donors (Lipinski definition) is 0. The molecule has 0 fully saturated rings. The number of aryl methyl sites for hydroxylation is 1. The summed E-state index contributed by atoms with van der Waals surface area (Å²) in [6, 6.07) is 28.7. The molecule has 4 aromatic rings. The molecule has 4 heteroatoms. The van der Waals surface area contributed by atoms with Crippen LogP contribution in [0.2, 0.25) is 0 Å². The van der Waals surface area contributed by atoms with Crippen LogP contribution in [0.25, 0.3) is 0 Å². The van der Waals surface area contributed by atoms with Gasteiger partial charge in [-0.3, -0.25) is 0 Å². The maximum atomic E-state index is 12.9. The molecule has 0 saturated carbocycles. The molecule has 1 atom stereocenters. The maximum Gasteiger partial charge on any atom is 0.340 e. The van der Waals surface area contributed by atoms with Crippen LogP contribution in [0.1, 0.15) is 32.6 Å². The standard InChI is InChI=1S/C27H18O4/c1-17-11-13-22-25(15-17)30-24-14-12-19(29-18-7-3-2-4-8-18)16-23(24)27(22)21-10-6-5-9-20(21)26(28)31-27/h2-16H,1H3. The summed E-state index contributed by atoms with van der Waals surface area (Å²) in [7, 11) is 0. The Morgan fingerprint density at radius 1 is 0.710 bits per heavy atom. The van der Waals surface area contributed by atoms with Crippen molar-refractivity contribution in [2.45, 2.75) is 12.5 Å². The van der Waals surface area contributed by atoms with Crippen LogP contribution in [-0.4, -0.2) is 5.97 Å². The van der Waals surface area contributed by atoms with Gasteiger partial charge in [0.05, 0.1) is 11.1 Å². The van der Waals surface area contributed by atoms with Gasteiger partial charge < -0.3 is 14.2 Å². The predicted octanol–water partition coefficient (Wildman–Crippen LogP) is 6.36. The van der Waals surface area contributed by atoms with Crippen LogP contribution in [0.3, 0.4) is 0 Å². The molecule has 6 rings (SSSR count). The van der Waals surface area contributed by atoms with E-state index in [0.29, 0.717) is 22.8 Å². The Balaban J connectivity index is 1.60. The first kappa shape index (κ1) is 17.8. The molecule has 0 bridgehead atoms. The van der Waals surface area contributed by atoms with Crippen molar-refractivity contribution in [3.8, 4) is 23.0 Å². The first-order valence-electron chi connectivity index (χ1n) is 10.1. The Morgan fingerprint density at radius 2 is 1.52 bits per heavy atom. The molecule has 0 radical (unpaired) electrons. The van der Waals surface area contributed by atoms with E-state index in [-0.39, 0.29) is 5.97 Å². The third-order valence-electron chi connectivity index (χ3n) is 5.82. The summed E-state index contributed by atoms with van der Waals surface area (Å²) in [5.41, 5.74) is 2.92. The molecule has 0 aliphatic carbocycles. The molecule has 4 aromatic carbocycles. The fraction of sp³-hybridized carbons (Fsp3) is 0.0741. The molecule has 150 valence electrons. The molecule has 1 spiro atoms. The van der Waals surface area contributed by atoms with E-state index in [1.807, 2.05) is 91.9 Å². The molecule has 31 heavy (non-hydrogen) atoms. The third kappa shape index (κ3) is 2.58. The van der Waals surface area contributed by atoms with E-state index in [2.05, 4.69) is 0 Å². The third-order valence-corrected chi connectivity index (χ3v) is 5.82. The number of carbonyl (C=O) groups is 1. The van der Waals surface area contributed by atoms with Gasteiger partial charge in [-0.25, -0.2) is 4.79 Å². The zero-order chi connectivity index (χ0) is 21.0. The molecular formula is C27H18O4. The molecule has 2 aliphatic heterocycles. The van der Waals surface area contributed by atoms with Crippen LogP contribution < -0.4 is 9.47 Å². The molecule has 0 aromatic heterocycles. The van der Waals surface area contributed by atoms with Gasteiger partial charge in [0, 0.05) is 11.1 Å². The minimum Gasteiger partial charge on any atom is -0.457 e. The second kappa shape index (κ2) is 6.47. The van der Waals surface area contributed by atoms with Gasteiger partial charge >= 0.3 is 5.97 Å². The van der Waals surface area contributed by atoms with E-state index < -0.39 is 5.60 Å². The first-order chi connectivity index (χ1) is 15.1. The smallest absolute Gasteiger partial charge is 0.340 e. The normalized spacial score (nSPS) is 17.9. The van der Waals surface area contributed by atoms with Crippen LogP contribution >= 0.6 is 0 Å². The highest BCUT2D eigenvalue weighted by Gasteiger charge is 2.53. The first-order valence-corrected chi connectivity index (χ1v) is 10.1. The summed E-state index contributed by atoms with van der Waals surface area (Å²) in [5.74, 6) is 2.36. The number of ether oxygens (including phenoxy) is 3. The van der Waals surface area contributed by atoms with Crippen LogP contribution in [0.15, 0.2) is 91.0 Å². The summed E-state index contributed by atoms with van der Waals surface area (Å²) in [6.45, 7) is 2.01. The van der Waals surface area contributed by atoms with Gasteiger partial charge in [0.15, 0.2) is 5.60 Å². The number of esters is 1. The fourth-order valence-electron chi connectivity index (χ4n) is 4.45. The molecule has 0 N–H and O–H groups in total. The van der Waals surface area contributed by atoms with Gasteiger partial charge in [-0.15, -0.1) is 0 Å².